The van der Waals surface area contributed by atoms with E-state index in [0.29, 0.717) is 5.69 Å². The predicted molar refractivity (Wildman–Crippen MR) is 58.7 cm³/mol. The topological polar surface area (TPSA) is 21.7 Å². The van der Waals surface area contributed by atoms with Gasteiger partial charge in [0.2, 0.25) is 0 Å². The van der Waals surface area contributed by atoms with Crippen LogP contribution in [0.2, 0.25) is 0 Å². The molecule has 0 aliphatic carbocycles. The van der Waals surface area contributed by atoms with Crippen LogP contribution < -0.4 is 14.4 Å². The summed E-state index contributed by atoms with van der Waals surface area (Å²) in [6.07, 6.45) is -0.635. The molecule has 0 unspecified atom stereocenters. The highest BCUT2D eigenvalue weighted by molar-refractivity contribution is 5.58. The average Bonchev–Trinajstić information content (AvgIpc) is 2.62. The summed E-state index contributed by atoms with van der Waals surface area (Å²) < 4.78 is 48.1. The average molecular weight is 259 g/mol. The summed E-state index contributed by atoms with van der Waals surface area (Å²) in [7, 11) is 0. The number of fused-ring (bicyclic) bond motifs is 1. The highest BCUT2D eigenvalue weighted by Crippen LogP contribution is 2.44. The van der Waals surface area contributed by atoms with Gasteiger partial charge in [0.15, 0.2) is 11.5 Å². The van der Waals surface area contributed by atoms with Crippen LogP contribution in [0.25, 0.3) is 0 Å². The van der Waals surface area contributed by atoms with E-state index in [1.807, 2.05) is 4.90 Å². The molecule has 1 aromatic rings. The van der Waals surface area contributed by atoms with Gasteiger partial charge in [0.1, 0.15) is 5.82 Å². The molecule has 1 fully saturated rings. The van der Waals surface area contributed by atoms with Crippen LogP contribution in [-0.4, -0.2) is 19.4 Å². The van der Waals surface area contributed by atoms with Gasteiger partial charge >= 0.3 is 6.29 Å². The zero-order valence-electron chi connectivity index (χ0n) is 9.59. The minimum Gasteiger partial charge on any atom is -0.395 e. The molecule has 0 aromatic heterocycles. The van der Waals surface area contributed by atoms with E-state index in [1.165, 1.54) is 6.07 Å². The van der Waals surface area contributed by atoms with Gasteiger partial charge in [0.05, 0.1) is 5.69 Å². The van der Waals surface area contributed by atoms with E-state index in [1.54, 1.807) is 0 Å². The maximum Gasteiger partial charge on any atom is 0.586 e. The summed E-state index contributed by atoms with van der Waals surface area (Å²) in [5.74, 6) is -0.919. The third-order valence-corrected chi connectivity index (χ3v) is 3.17. The number of benzene rings is 1. The molecule has 0 N–H and O–H groups in total. The molecule has 1 saturated heterocycles. The van der Waals surface area contributed by atoms with E-state index in [9.17, 15) is 13.2 Å². The van der Waals surface area contributed by atoms with Crippen LogP contribution in [0.4, 0.5) is 18.9 Å². The first-order valence-electron chi connectivity index (χ1n) is 5.89. The lowest BCUT2D eigenvalue weighted by atomic mass is 10.1. The van der Waals surface area contributed by atoms with Crippen LogP contribution >= 0.6 is 0 Å². The van der Waals surface area contributed by atoms with Crippen molar-refractivity contribution in [3.05, 3.63) is 17.9 Å². The molecule has 2 heterocycles. The van der Waals surface area contributed by atoms with E-state index >= 15 is 0 Å². The van der Waals surface area contributed by atoms with Crippen molar-refractivity contribution >= 4 is 5.69 Å². The van der Waals surface area contributed by atoms with E-state index in [2.05, 4.69) is 9.47 Å². The molecule has 6 heteroatoms. The van der Waals surface area contributed by atoms with Crippen molar-refractivity contribution in [1.82, 2.24) is 0 Å². The van der Waals surface area contributed by atoms with Gasteiger partial charge in [0.25, 0.3) is 0 Å². The second kappa shape index (κ2) is 3.96. The number of ether oxygens (including phenoxy) is 2. The Kier molecular flexibility index (Phi) is 2.53. The Labute approximate surface area is 102 Å². The Balaban J connectivity index is 1.93. The summed E-state index contributed by atoms with van der Waals surface area (Å²) in [6.45, 7) is 1.46. The molecule has 0 spiro atoms. The molecule has 2 aliphatic rings. The van der Waals surface area contributed by atoms with Crippen molar-refractivity contribution in [2.75, 3.05) is 18.0 Å². The van der Waals surface area contributed by atoms with Crippen LogP contribution in [0, 0.1) is 5.82 Å². The van der Waals surface area contributed by atoms with Gasteiger partial charge in [-0.2, -0.15) is 0 Å². The van der Waals surface area contributed by atoms with E-state index in [-0.39, 0.29) is 11.5 Å². The number of rotatable bonds is 1. The summed E-state index contributed by atoms with van der Waals surface area (Å²) in [5.41, 5.74) is 0.301. The Morgan fingerprint density at radius 2 is 1.61 bits per heavy atom. The molecule has 0 atom stereocenters. The number of anilines is 1. The third kappa shape index (κ3) is 1.95. The number of hydrogen-bond acceptors (Lipinski definition) is 3. The van der Waals surface area contributed by atoms with Crippen LogP contribution in [0.5, 0.6) is 11.5 Å². The molecule has 18 heavy (non-hydrogen) atoms. The summed E-state index contributed by atoms with van der Waals surface area (Å²) in [5, 5.41) is 0. The summed E-state index contributed by atoms with van der Waals surface area (Å²) >= 11 is 0. The fraction of sp³-hybridized carbons (Fsp3) is 0.500. The first-order valence-corrected chi connectivity index (χ1v) is 5.89. The number of hydrogen-bond donors (Lipinski definition) is 0. The monoisotopic (exact) mass is 259 g/mol. The van der Waals surface area contributed by atoms with Gasteiger partial charge in [-0.3, -0.25) is 0 Å². The largest absolute Gasteiger partial charge is 0.586 e. The normalized spacial score (nSPS) is 21.2. The molecule has 3 nitrogen and oxygen atoms in total. The molecule has 1 aromatic carbocycles. The summed E-state index contributed by atoms with van der Waals surface area (Å²) in [6, 6.07) is 2.25. The second-order valence-corrected chi connectivity index (χ2v) is 4.47. The Morgan fingerprint density at radius 3 is 2.28 bits per heavy atom. The minimum absolute atomic E-state index is 0.109. The van der Waals surface area contributed by atoms with Gasteiger partial charge in [-0.05, 0) is 19.3 Å². The van der Waals surface area contributed by atoms with Crippen molar-refractivity contribution in [3.8, 4) is 11.5 Å². The van der Waals surface area contributed by atoms with Gasteiger partial charge in [0, 0.05) is 25.2 Å². The Hall–Kier alpha value is -1.59. The maximum absolute atomic E-state index is 13.9. The molecule has 98 valence electrons. The fourth-order valence-electron chi connectivity index (χ4n) is 2.34. The quantitative estimate of drug-likeness (QED) is 0.773. The number of piperidine rings is 1. The van der Waals surface area contributed by atoms with Gasteiger partial charge in [-0.25, -0.2) is 4.39 Å². The Morgan fingerprint density at radius 1 is 1.00 bits per heavy atom. The van der Waals surface area contributed by atoms with Gasteiger partial charge in [-0.15, -0.1) is 8.78 Å². The van der Waals surface area contributed by atoms with Crippen molar-refractivity contribution in [3.63, 3.8) is 0 Å². The van der Waals surface area contributed by atoms with Crippen LogP contribution in [0.1, 0.15) is 19.3 Å². The highest BCUT2D eigenvalue weighted by Gasteiger charge is 2.44. The molecule has 3 rings (SSSR count). The number of alkyl halides is 2. The fourth-order valence-corrected chi connectivity index (χ4v) is 2.34. The molecular formula is C12H12F3NO2. The lowest BCUT2D eigenvalue weighted by Crippen LogP contribution is -2.30. The van der Waals surface area contributed by atoms with Crippen LogP contribution in [0.15, 0.2) is 12.1 Å². The second-order valence-electron chi connectivity index (χ2n) is 4.47. The molecular weight excluding hydrogens is 247 g/mol. The summed E-state index contributed by atoms with van der Waals surface area (Å²) in [4.78, 5) is 1.85. The SMILES string of the molecule is Fc1cc2c(cc1N1CCCCC1)OC(F)(F)O2. The van der Waals surface area contributed by atoms with Gasteiger partial charge < -0.3 is 14.4 Å². The number of nitrogens with zero attached hydrogens (tertiary/aromatic N) is 1. The standard InChI is InChI=1S/C12H12F3NO2/c13-8-6-10-11(18-12(14,15)17-10)7-9(8)16-4-2-1-3-5-16/h6-7H,1-5H2. The van der Waals surface area contributed by atoms with Crippen molar-refractivity contribution < 1.29 is 22.6 Å². The maximum atomic E-state index is 13.9. The first-order chi connectivity index (χ1) is 8.55. The van der Waals surface area contributed by atoms with Crippen LogP contribution in [0.3, 0.4) is 0 Å². The molecule has 0 bridgehead atoms. The predicted octanol–water partition coefficient (Wildman–Crippen LogP) is 3.14. The lowest BCUT2D eigenvalue weighted by Gasteiger charge is -2.29. The van der Waals surface area contributed by atoms with Crippen molar-refractivity contribution in [1.29, 1.82) is 0 Å². The third-order valence-electron chi connectivity index (χ3n) is 3.17. The van der Waals surface area contributed by atoms with E-state index < -0.39 is 12.1 Å². The smallest absolute Gasteiger partial charge is 0.395 e. The van der Waals surface area contributed by atoms with Gasteiger partial charge in [-0.1, -0.05) is 0 Å². The Bertz CT molecular complexity index is 473. The van der Waals surface area contributed by atoms with E-state index in [4.69, 9.17) is 0 Å². The zero-order valence-corrected chi connectivity index (χ0v) is 9.59. The van der Waals surface area contributed by atoms with Crippen molar-refractivity contribution in [2.45, 2.75) is 25.6 Å². The first kappa shape index (κ1) is 11.5. The molecule has 0 amide bonds. The van der Waals surface area contributed by atoms with Crippen LogP contribution in [-0.2, 0) is 0 Å². The number of halogens is 3. The van der Waals surface area contributed by atoms with E-state index in [0.717, 1.165) is 38.4 Å². The minimum atomic E-state index is -3.70. The lowest BCUT2D eigenvalue weighted by molar-refractivity contribution is -0.286. The molecule has 0 saturated carbocycles. The zero-order chi connectivity index (χ0) is 12.8. The molecule has 2 aliphatic heterocycles. The molecule has 0 radical (unpaired) electrons. The van der Waals surface area contributed by atoms with Crippen molar-refractivity contribution in [2.24, 2.45) is 0 Å². The highest BCUT2D eigenvalue weighted by atomic mass is 19.3.